The summed E-state index contributed by atoms with van der Waals surface area (Å²) in [7, 11) is 0. The minimum Gasteiger partial charge on any atom is -0.334 e. The highest BCUT2D eigenvalue weighted by molar-refractivity contribution is 5.90. The van der Waals surface area contributed by atoms with Gasteiger partial charge in [0.15, 0.2) is 0 Å². The lowest BCUT2D eigenvalue weighted by atomic mass is 10.2. The number of carbonyl (C=O) groups is 1. The molecule has 0 bridgehead atoms. The van der Waals surface area contributed by atoms with E-state index in [1.54, 1.807) is 6.20 Å². The highest BCUT2D eigenvalue weighted by atomic mass is 35.5. The van der Waals surface area contributed by atoms with Crippen LogP contribution in [-0.2, 0) is 6.54 Å². The first-order valence-corrected chi connectivity index (χ1v) is 3.35. The molecule has 5 heteroatoms. The number of aromatic nitrogens is 1. The second-order valence-corrected chi connectivity index (χ2v) is 2.32. The van der Waals surface area contributed by atoms with Gasteiger partial charge in [-0.05, 0) is 6.07 Å². The number of pyridine rings is 1. The van der Waals surface area contributed by atoms with Gasteiger partial charge < -0.3 is 5.32 Å². The Morgan fingerprint density at radius 1 is 1.50 bits per heavy atom. The number of urea groups is 1. The highest BCUT2D eigenvalue weighted by Crippen LogP contribution is 2.13. The Morgan fingerprint density at radius 3 is 3.17 bits per heavy atom. The third-order valence-electron chi connectivity index (χ3n) is 1.56. The van der Waals surface area contributed by atoms with E-state index in [1.807, 2.05) is 12.1 Å². The second kappa shape index (κ2) is 3.40. The molecule has 2 heterocycles. The van der Waals surface area contributed by atoms with Crippen LogP contribution in [0.1, 0.15) is 5.56 Å². The number of nitrogens with one attached hydrogen (secondary N) is 2. The normalized spacial score (nSPS) is 13.5. The molecule has 2 rings (SSSR count). The van der Waals surface area contributed by atoms with E-state index in [1.165, 1.54) is 0 Å². The predicted octanol–water partition coefficient (Wildman–Crippen LogP) is 1.14. The third kappa shape index (κ3) is 1.48. The zero-order valence-electron chi connectivity index (χ0n) is 6.20. The number of halogens is 1. The van der Waals surface area contributed by atoms with Crippen molar-refractivity contribution in [2.24, 2.45) is 0 Å². The lowest BCUT2D eigenvalue weighted by Gasteiger charge is -2.15. The number of nitrogens with zero attached hydrogens (tertiary/aromatic N) is 1. The molecule has 1 aromatic rings. The van der Waals surface area contributed by atoms with Gasteiger partial charge in [0.2, 0.25) is 0 Å². The lowest BCUT2D eigenvalue weighted by molar-refractivity contribution is 0.250. The molecule has 0 radical (unpaired) electrons. The van der Waals surface area contributed by atoms with Crippen LogP contribution in [-0.4, -0.2) is 11.0 Å². The van der Waals surface area contributed by atoms with E-state index in [2.05, 4.69) is 15.6 Å². The molecule has 64 valence electrons. The Kier molecular flexibility index (Phi) is 2.50. The zero-order chi connectivity index (χ0) is 7.68. The molecular formula is C7H8ClN3O. The van der Waals surface area contributed by atoms with E-state index >= 15 is 0 Å². The molecule has 0 atom stereocenters. The minimum absolute atomic E-state index is 0. The molecule has 0 aliphatic carbocycles. The maximum absolute atomic E-state index is 10.8. The van der Waals surface area contributed by atoms with Crippen LogP contribution < -0.4 is 10.6 Å². The lowest BCUT2D eigenvalue weighted by Crippen LogP contribution is -2.33. The van der Waals surface area contributed by atoms with Crippen LogP contribution in [0.25, 0.3) is 0 Å². The largest absolute Gasteiger partial charge is 0.334 e. The highest BCUT2D eigenvalue weighted by Gasteiger charge is 2.12. The Labute approximate surface area is 75.8 Å². The Hall–Kier alpha value is -1.29. The summed E-state index contributed by atoms with van der Waals surface area (Å²) in [5.41, 5.74) is 1.02. The molecule has 2 amide bonds. The van der Waals surface area contributed by atoms with Crippen LogP contribution >= 0.6 is 12.4 Å². The fourth-order valence-electron chi connectivity index (χ4n) is 1.02. The summed E-state index contributed by atoms with van der Waals surface area (Å²) in [6.45, 7) is 0.564. The number of hydrogen-bond acceptors (Lipinski definition) is 2. The number of anilines is 1. The quantitative estimate of drug-likeness (QED) is 0.637. The van der Waals surface area contributed by atoms with Gasteiger partial charge in [-0.2, -0.15) is 0 Å². The molecule has 0 spiro atoms. The van der Waals surface area contributed by atoms with Crippen molar-refractivity contribution in [3.05, 3.63) is 23.9 Å². The van der Waals surface area contributed by atoms with Crippen molar-refractivity contribution in [3.8, 4) is 0 Å². The van der Waals surface area contributed by atoms with Crippen LogP contribution in [0.2, 0.25) is 0 Å². The van der Waals surface area contributed by atoms with E-state index in [-0.39, 0.29) is 18.4 Å². The molecule has 0 fully saturated rings. The monoisotopic (exact) mass is 185 g/mol. The van der Waals surface area contributed by atoms with Crippen LogP contribution in [0.15, 0.2) is 18.3 Å². The molecule has 1 aromatic heterocycles. The van der Waals surface area contributed by atoms with Crippen LogP contribution in [0, 0.1) is 0 Å². The fourth-order valence-corrected chi connectivity index (χ4v) is 1.02. The number of amides is 2. The topological polar surface area (TPSA) is 54.0 Å². The molecule has 0 saturated carbocycles. The van der Waals surface area contributed by atoms with Gasteiger partial charge in [-0.15, -0.1) is 12.4 Å². The summed E-state index contributed by atoms with van der Waals surface area (Å²) in [5, 5.41) is 5.25. The summed E-state index contributed by atoms with van der Waals surface area (Å²) in [6, 6.07) is 3.59. The molecule has 0 saturated heterocycles. The first-order valence-electron chi connectivity index (χ1n) is 3.35. The van der Waals surface area contributed by atoms with Gasteiger partial charge in [0.1, 0.15) is 5.82 Å². The van der Waals surface area contributed by atoms with Crippen molar-refractivity contribution in [1.82, 2.24) is 10.3 Å². The van der Waals surface area contributed by atoms with Crippen molar-refractivity contribution in [1.29, 1.82) is 0 Å². The van der Waals surface area contributed by atoms with Crippen molar-refractivity contribution in [3.63, 3.8) is 0 Å². The van der Waals surface area contributed by atoms with Gasteiger partial charge in [0, 0.05) is 18.3 Å². The fraction of sp³-hybridized carbons (Fsp3) is 0.143. The Bertz CT molecular complexity index is 302. The standard InChI is InChI=1S/C7H7N3O.ClH/c11-7-9-4-5-2-1-3-8-6(5)10-7;/h1-3H,4H2,(H2,8,9,10,11);1H. The Balaban J connectivity index is 0.000000720. The number of carbonyl (C=O) groups excluding carboxylic acids is 1. The zero-order valence-corrected chi connectivity index (χ0v) is 7.02. The van der Waals surface area contributed by atoms with E-state index in [0.29, 0.717) is 12.4 Å². The maximum Gasteiger partial charge on any atom is 0.320 e. The van der Waals surface area contributed by atoms with Crippen LogP contribution in [0.3, 0.4) is 0 Å². The summed E-state index contributed by atoms with van der Waals surface area (Å²) in [5.74, 6) is 0.663. The molecule has 4 nitrogen and oxygen atoms in total. The van der Waals surface area contributed by atoms with E-state index in [9.17, 15) is 4.79 Å². The molecule has 1 aliphatic rings. The first-order chi connectivity index (χ1) is 5.36. The molecule has 1 aliphatic heterocycles. The van der Waals surface area contributed by atoms with Crippen molar-refractivity contribution in [2.75, 3.05) is 5.32 Å². The SMILES string of the molecule is Cl.O=C1NCc2cccnc2N1. The summed E-state index contributed by atoms with van der Waals surface area (Å²) in [4.78, 5) is 14.8. The van der Waals surface area contributed by atoms with E-state index in [0.717, 1.165) is 5.56 Å². The van der Waals surface area contributed by atoms with Crippen LogP contribution in [0.5, 0.6) is 0 Å². The molecule has 0 unspecified atom stereocenters. The van der Waals surface area contributed by atoms with Gasteiger partial charge in [0.25, 0.3) is 0 Å². The smallest absolute Gasteiger partial charge is 0.320 e. The molecular weight excluding hydrogens is 178 g/mol. The molecule has 0 aromatic carbocycles. The van der Waals surface area contributed by atoms with Crippen LogP contribution in [0.4, 0.5) is 10.6 Å². The minimum atomic E-state index is -0.184. The maximum atomic E-state index is 10.8. The third-order valence-corrected chi connectivity index (χ3v) is 1.56. The predicted molar refractivity (Wildman–Crippen MR) is 47.3 cm³/mol. The van der Waals surface area contributed by atoms with Crippen molar-refractivity contribution < 1.29 is 4.79 Å². The van der Waals surface area contributed by atoms with Gasteiger partial charge in [-0.3, -0.25) is 5.32 Å². The number of fused-ring (bicyclic) bond motifs is 1. The number of hydrogen-bond donors (Lipinski definition) is 2. The van der Waals surface area contributed by atoms with Gasteiger partial charge >= 0.3 is 6.03 Å². The van der Waals surface area contributed by atoms with Crippen molar-refractivity contribution in [2.45, 2.75) is 6.54 Å². The summed E-state index contributed by atoms with van der Waals surface area (Å²) in [6.07, 6.45) is 1.66. The Morgan fingerprint density at radius 2 is 2.33 bits per heavy atom. The van der Waals surface area contributed by atoms with E-state index < -0.39 is 0 Å². The molecule has 2 N–H and O–H groups in total. The van der Waals surface area contributed by atoms with Gasteiger partial charge in [-0.1, -0.05) is 6.07 Å². The molecule has 12 heavy (non-hydrogen) atoms. The van der Waals surface area contributed by atoms with Gasteiger partial charge in [-0.25, -0.2) is 9.78 Å². The van der Waals surface area contributed by atoms with Crippen molar-refractivity contribution >= 4 is 24.3 Å². The average molecular weight is 186 g/mol. The summed E-state index contributed by atoms with van der Waals surface area (Å²) < 4.78 is 0. The number of rotatable bonds is 0. The summed E-state index contributed by atoms with van der Waals surface area (Å²) >= 11 is 0. The van der Waals surface area contributed by atoms with Gasteiger partial charge in [0.05, 0.1) is 0 Å². The van der Waals surface area contributed by atoms with E-state index in [4.69, 9.17) is 0 Å². The first kappa shape index (κ1) is 8.80. The second-order valence-electron chi connectivity index (χ2n) is 2.32. The average Bonchev–Trinajstić information content (AvgIpc) is 2.04.